The Hall–Kier alpha value is -0.120. The number of unbranched alkanes of at least 4 members (excludes halogenated alkanes) is 1. The van der Waals surface area contributed by atoms with Crippen molar-refractivity contribution in [3.63, 3.8) is 0 Å². The van der Waals surface area contributed by atoms with E-state index < -0.39 is 0 Å². The van der Waals surface area contributed by atoms with Gasteiger partial charge in [0, 0.05) is 19.7 Å². The molecule has 1 aliphatic heterocycles. The summed E-state index contributed by atoms with van der Waals surface area (Å²) in [5.74, 6) is 0. The van der Waals surface area contributed by atoms with Gasteiger partial charge in [-0.2, -0.15) is 0 Å². The van der Waals surface area contributed by atoms with Crippen molar-refractivity contribution in [2.24, 2.45) is 0 Å². The maximum absolute atomic E-state index is 6.07. The lowest BCUT2D eigenvalue weighted by atomic mass is 9.97. The van der Waals surface area contributed by atoms with Gasteiger partial charge in [0.25, 0.3) is 0 Å². The number of morpholine rings is 1. The second-order valence-electron chi connectivity index (χ2n) is 5.56. The first-order chi connectivity index (χ1) is 8.70. The molecule has 0 bridgehead atoms. The molecular weight excluding hydrogens is 226 g/mol. The Kier molecular flexibility index (Phi) is 7.87. The average molecular weight is 257 g/mol. The van der Waals surface area contributed by atoms with Crippen molar-refractivity contribution in [3.05, 3.63) is 0 Å². The molecule has 1 saturated heterocycles. The normalized spacial score (nSPS) is 20.8. The molecule has 1 aliphatic rings. The van der Waals surface area contributed by atoms with Crippen LogP contribution in [0.1, 0.15) is 52.9 Å². The average Bonchev–Trinajstić information content (AvgIpc) is 2.40. The van der Waals surface area contributed by atoms with Crippen LogP contribution in [0.2, 0.25) is 0 Å². The van der Waals surface area contributed by atoms with Crippen LogP contribution in [0.5, 0.6) is 0 Å². The fraction of sp³-hybridized carbons (Fsp3) is 1.00. The van der Waals surface area contributed by atoms with E-state index in [1.54, 1.807) is 0 Å². The van der Waals surface area contributed by atoms with Gasteiger partial charge in [-0.05, 0) is 39.2 Å². The number of nitrogens with zero attached hydrogens (tertiary/aromatic N) is 1. The Bertz CT molecular complexity index is 205. The van der Waals surface area contributed by atoms with Crippen molar-refractivity contribution in [1.82, 2.24) is 4.90 Å². The maximum atomic E-state index is 6.07. The molecule has 0 aromatic heterocycles. The van der Waals surface area contributed by atoms with Gasteiger partial charge in [-0.3, -0.25) is 4.90 Å². The standard InChI is InChI=1S/C15H31NO2/c1-4-8-15(3,5-2)18-12-7-6-9-16-10-13-17-14-11-16/h4-14H2,1-3H3. The molecule has 0 aromatic rings. The van der Waals surface area contributed by atoms with Crippen LogP contribution < -0.4 is 0 Å². The van der Waals surface area contributed by atoms with Gasteiger partial charge in [0.1, 0.15) is 0 Å². The molecule has 3 heteroatoms. The van der Waals surface area contributed by atoms with Crippen molar-refractivity contribution in [3.8, 4) is 0 Å². The molecule has 1 rings (SSSR count). The molecule has 3 nitrogen and oxygen atoms in total. The zero-order valence-corrected chi connectivity index (χ0v) is 12.5. The van der Waals surface area contributed by atoms with Crippen molar-refractivity contribution in [2.45, 2.75) is 58.5 Å². The number of ether oxygens (including phenoxy) is 2. The van der Waals surface area contributed by atoms with E-state index in [-0.39, 0.29) is 5.60 Å². The third kappa shape index (κ3) is 6.17. The molecule has 108 valence electrons. The van der Waals surface area contributed by atoms with E-state index in [1.165, 1.54) is 32.2 Å². The second kappa shape index (κ2) is 8.89. The maximum Gasteiger partial charge on any atom is 0.0651 e. The highest BCUT2D eigenvalue weighted by Gasteiger charge is 2.20. The molecule has 0 aliphatic carbocycles. The minimum absolute atomic E-state index is 0.105. The predicted octanol–water partition coefficient (Wildman–Crippen LogP) is 3.08. The lowest BCUT2D eigenvalue weighted by Gasteiger charge is -2.29. The molecule has 18 heavy (non-hydrogen) atoms. The highest BCUT2D eigenvalue weighted by Crippen LogP contribution is 2.21. The van der Waals surface area contributed by atoms with Crippen molar-refractivity contribution >= 4 is 0 Å². The Morgan fingerprint density at radius 3 is 2.50 bits per heavy atom. The quantitative estimate of drug-likeness (QED) is 0.593. The summed E-state index contributed by atoms with van der Waals surface area (Å²) in [6.45, 7) is 12.8. The van der Waals surface area contributed by atoms with Crippen LogP contribution in [0.4, 0.5) is 0 Å². The summed E-state index contributed by atoms with van der Waals surface area (Å²) < 4.78 is 11.4. The van der Waals surface area contributed by atoms with Crippen LogP contribution >= 0.6 is 0 Å². The summed E-state index contributed by atoms with van der Waals surface area (Å²) >= 11 is 0. The second-order valence-corrected chi connectivity index (χ2v) is 5.56. The van der Waals surface area contributed by atoms with Gasteiger partial charge >= 0.3 is 0 Å². The largest absolute Gasteiger partial charge is 0.379 e. The monoisotopic (exact) mass is 257 g/mol. The van der Waals surface area contributed by atoms with E-state index in [2.05, 4.69) is 25.7 Å². The molecule has 1 heterocycles. The minimum atomic E-state index is 0.105. The van der Waals surface area contributed by atoms with E-state index in [9.17, 15) is 0 Å². The molecule has 0 spiro atoms. The van der Waals surface area contributed by atoms with Gasteiger partial charge in [0.2, 0.25) is 0 Å². The summed E-state index contributed by atoms with van der Waals surface area (Å²) in [5.41, 5.74) is 0.105. The first-order valence-electron chi connectivity index (χ1n) is 7.64. The predicted molar refractivity (Wildman–Crippen MR) is 76.0 cm³/mol. The molecule has 1 fully saturated rings. The molecule has 0 aromatic carbocycles. The van der Waals surface area contributed by atoms with Gasteiger partial charge in [-0.25, -0.2) is 0 Å². The number of rotatable bonds is 9. The van der Waals surface area contributed by atoms with Gasteiger partial charge in [0.05, 0.1) is 18.8 Å². The van der Waals surface area contributed by atoms with Crippen LogP contribution in [0, 0.1) is 0 Å². The Morgan fingerprint density at radius 2 is 1.89 bits per heavy atom. The van der Waals surface area contributed by atoms with Crippen molar-refractivity contribution in [2.75, 3.05) is 39.5 Å². The number of hydrogen-bond donors (Lipinski definition) is 0. The lowest BCUT2D eigenvalue weighted by Crippen LogP contribution is -2.37. The molecule has 1 atom stereocenters. The zero-order chi connectivity index (χ0) is 13.3. The molecular formula is C15H31NO2. The summed E-state index contributed by atoms with van der Waals surface area (Å²) in [6, 6.07) is 0. The van der Waals surface area contributed by atoms with Crippen molar-refractivity contribution in [1.29, 1.82) is 0 Å². The van der Waals surface area contributed by atoms with E-state index in [0.717, 1.165) is 39.3 Å². The smallest absolute Gasteiger partial charge is 0.0651 e. The van der Waals surface area contributed by atoms with Gasteiger partial charge in [-0.15, -0.1) is 0 Å². The number of hydrogen-bond acceptors (Lipinski definition) is 3. The first-order valence-corrected chi connectivity index (χ1v) is 7.64. The van der Waals surface area contributed by atoms with Crippen LogP contribution in [-0.4, -0.2) is 50.0 Å². The zero-order valence-electron chi connectivity index (χ0n) is 12.5. The lowest BCUT2D eigenvalue weighted by molar-refractivity contribution is -0.0432. The summed E-state index contributed by atoms with van der Waals surface area (Å²) in [5, 5.41) is 0. The van der Waals surface area contributed by atoms with E-state index in [0.29, 0.717) is 0 Å². The Balaban J connectivity index is 2.03. The Labute approximate surface area is 113 Å². The summed E-state index contributed by atoms with van der Waals surface area (Å²) in [7, 11) is 0. The third-order valence-corrected chi connectivity index (χ3v) is 3.95. The molecule has 0 radical (unpaired) electrons. The molecule has 0 amide bonds. The van der Waals surface area contributed by atoms with E-state index in [4.69, 9.17) is 9.47 Å². The minimum Gasteiger partial charge on any atom is -0.379 e. The van der Waals surface area contributed by atoms with E-state index >= 15 is 0 Å². The fourth-order valence-electron chi connectivity index (χ4n) is 2.46. The first kappa shape index (κ1) is 15.9. The highest BCUT2D eigenvalue weighted by atomic mass is 16.5. The molecule has 0 saturated carbocycles. The van der Waals surface area contributed by atoms with Crippen LogP contribution in [0.25, 0.3) is 0 Å². The highest BCUT2D eigenvalue weighted by molar-refractivity contribution is 4.72. The van der Waals surface area contributed by atoms with Crippen LogP contribution in [0.15, 0.2) is 0 Å². The summed E-state index contributed by atoms with van der Waals surface area (Å²) in [4.78, 5) is 2.49. The van der Waals surface area contributed by atoms with Gasteiger partial charge in [-0.1, -0.05) is 20.3 Å². The summed E-state index contributed by atoms with van der Waals surface area (Å²) in [6.07, 6.45) is 5.91. The molecule has 1 unspecified atom stereocenters. The van der Waals surface area contributed by atoms with Crippen LogP contribution in [0.3, 0.4) is 0 Å². The van der Waals surface area contributed by atoms with Gasteiger partial charge < -0.3 is 9.47 Å². The van der Waals surface area contributed by atoms with E-state index in [1.807, 2.05) is 0 Å². The van der Waals surface area contributed by atoms with Crippen LogP contribution in [-0.2, 0) is 9.47 Å². The third-order valence-electron chi connectivity index (χ3n) is 3.95. The SMILES string of the molecule is CCCC(C)(CC)OCCCCN1CCOCC1. The Morgan fingerprint density at radius 1 is 1.17 bits per heavy atom. The van der Waals surface area contributed by atoms with Crippen molar-refractivity contribution < 1.29 is 9.47 Å². The topological polar surface area (TPSA) is 21.7 Å². The fourth-order valence-corrected chi connectivity index (χ4v) is 2.46. The van der Waals surface area contributed by atoms with Gasteiger partial charge in [0.15, 0.2) is 0 Å². The molecule has 0 N–H and O–H groups in total.